The quantitative estimate of drug-likeness (QED) is 0.629. The second kappa shape index (κ2) is 6.71. The number of ether oxygens (including phenoxy) is 1. The van der Waals surface area contributed by atoms with Gasteiger partial charge in [0.2, 0.25) is 11.3 Å². The maximum atomic E-state index is 6.18. The third-order valence-electron chi connectivity index (χ3n) is 4.22. The molecule has 10 heteroatoms. The zero-order chi connectivity index (χ0) is 16.6. The summed E-state index contributed by atoms with van der Waals surface area (Å²) in [4.78, 5) is 6.60. The van der Waals surface area contributed by atoms with E-state index >= 15 is 0 Å². The van der Waals surface area contributed by atoms with Gasteiger partial charge in [0.15, 0.2) is 0 Å². The lowest BCUT2D eigenvalue weighted by atomic mass is 10.1. The van der Waals surface area contributed by atoms with E-state index in [2.05, 4.69) is 38.5 Å². The summed E-state index contributed by atoms with van der Waals surface area (Å²) in [5, 5.41) is 4.16. The number of hydrogen-bond donors (Lipinski definition) is 3. The van der Waals surface area contributed by atoms with Gasteiger partial charge in [-0.1, -0.05) is 17.8 Å². The van der Waals surface area contributed by atoms with Gasteiger partial charge in [-0.15, -0.1) is 0 Å². The zero-order valence-corrected chi connectivity index (χ0v) is 14.9. The number of nitrogens with one attached hydrogen (secondary N) is 3. The zero-order valence-electron chi connectivity index (χ0n) is 13.3. The van der Waals surface area contributed by atoms with E-state index < -0.39 is 0 Å². The lowest BCUT2D eigenvalue weighted by molar-refractivity contribution is 0.171. The molecular weight excluding hydrogens is 360 g/mol. The van der Waals surface area contributed by atoms with Crippen LogP contribution in [0.25, 0.3) is 0 Å². The Bertz CT molecular complexity index is 713. The highest BCUT2D eigenvalue weighted by molar-refractivity contribution is 8.09. The molecule has 5 aliphatic heterocycles. The Morgan fingerprint density at radius 1 is 1.32 bits per heavy atom. The van der Waals surface area contributed by atoms with Crippen LogP contribution in [0.4, 0.5) is 0 Å². The first-order valence-electron chi connectivity index (χ1n) is 8.11. The highest BCUT2D eigenvalue weighted by Crippen LogP contribution is 2.50. The van der Waals surface area contributed by atoms with Gasteiger partial charge in [-0.25, -0.2) is 14.7 Å². The van der Waals surface area contributed by atoms with Crippen LogP contribution >= 0.6 is 23.8 Å². The molecule has 8 nitrogen and oxygen atoms in total. The molecule has 131 valence electrons. The standard InChI is InChI=1S/C15H17N6O2S2/c1-4-17-20(7-1)10-3-6-16-12(10)13-14(21-8-2-5-18-21)22-15(24-13)11-9-19-23-25-11/h2-3,6,8-10,17-19H,1,4-5,7H2. The van der Waals surface area contributed by atoms with Crippen LogP contribution in [0.5, 0.6) is 0 Å². The second-order valence-corrected chi connectivity index (χ2v) is 7.55. The molecule has 1 fully saturated rings. The Balaban J connectivity index is 1.44. The number of hydrogen-bond acceptors (Lipinski definition) is 10. The third kappa shape index (κ3) is 2.88. The minimum Gasteiger partial charge on any atom is -0.448 e. The van der Waals surface area contributed by atoms with Crippen molar-refractivity contribution in [3.8, 4) is 0 Å². The Morgan fingerprint density at radius 3 is 3.08 bits per heavy atom. The lowest BCUT2D eigenvalue weighted by Gasteiger charge is -2.24. The lowest BCUT2D eigenvalue weighted by Crippen LogP contribution is -2.43. The van der Waals surface area contributed by atoms with Crippen LogP contribution in [0.2, 0.25) is 0 Å². The van der Waals surface area contributed by atoms with Crippen molar-refractivity contribution in [2.75, 3.05) is 19.6 Å². The van der Waals surface area contributed by atoms with Crippen LogP contribution in [0.15, 0.2) is 51.4 Å². The molecule has 0 aliphatic carbocycles. The minimum atomic E-state index is 0.120. The normalized spacial score (nSPS) is 29.6. The van der Waals surface area contributed by atoms with Gasteiger partial charge >= 0.3 is 0 Å². The minimum absolute atomic E-state index is 0.120. The van der Waals surface area contributed by atoms with Crippen molar-refractivity contribution in [3.05, 3.63) is 51.9 Å². The van der Waals surface area contributed by atoms with Crippen LogP contribution < -0.4 is 16.3 Å². The monoisotopic (exact) mass is 377 g/mol. The Labute approximate surface area is 154 Å². The van der Waals surface area contributed by atoms with Crippen molar-refractivity contribution in [3.63, 3.8) is 0 Å². The summed E-state index contributed by atoms with van der Waals surface area (Å²) < 4.78 is 11.3. The van der Waals surface area contributed by atoms with Crippen LogP contribution in [0.1, 0.15) is 6.42 Å². The molecule has 0 aromatic rings. The van der Waals surface area contributed by atoms with Gasteiger partial charge < -0.3 is 4.74 Å². The number of rotatable bonds is 4. The first kappa shape index (κ1) is 15.8. The van der Waals surface area contributed by atoms with Crippen LogP contribution in [0, 0.1) is 5.44 Å². The van der Waals surface area contributed by atoms with E-state index in [1.807, 2.05) is 17.4 Å². The van der Waals surface area contributed by atoms with Crippen molar-refractivity contribution in [1.82, 2.24) is 26.3 Å². The summed E-state index contributed by atoms with van der Waals surface area (Å²) >= 11 is 2.85. The number of thioether (sulfide) groups is 1. The molecule has 1 atom stereocenters. The molecule has 0 aromatic carbocycles. The number of hydroxylamine groups is 1. The van der Waals surface area contributed by atoms with E-state index in [9.17, 15) is 0 Å². The van der Waals surface area contributed by atoms with E-state index in [1.54, 1.807) is 18.0 Å². The van der Waals surface area contributed by atoms with Crippen LogP contribution in [-0.4, -0.2) is 41.4 Å². The van der Waals surface area contributed by atoms with Crippen molar-refractivity contribution in [1.29, 1.82) is 0 Å². The first-order valence-corrected chi connectivity index (χ1v) is 9.67. The Morgan fingerprint density at radius 2 is 2.32 bits per heavy atom. The SMILES string of the molecule is C1=CN(C2=C(C3=NC=CC3N3CCCN3)S[C](C3=CNOS3)O2)NC1. The molecule has 3 N–H and O–H groups in total. The summed E-state index contributed by atoms with van der Waals surface area (Å²) in [5.41, 5.74) is 11.3. The first-order chi connectivity index (χ1) is 12.4. The smallest absolute Gasteiger partial charge is 0.250 e. The summed E-state index contributed by atoms with van der Waals surface area (Å²) in [6, 6.07) is 0.120. The number of nitrogens with zero attached hydrogens (tertiary/aromatic N) is 3. The van der Waals surface area contributed by atoms with Crippen LogP contribution in [-0.2, 0) is 9.02 Å². The number of aliphatic imine (C=N–C) groups is 1. The van der Waals surface area contributed by atoms with Crippen LogP contribution in [0.3, 0.4) is 0 Å². The molecule has 0 bridgehead atoms. The molecule has 1 radical (unpaired) electrons. The molecule has 1 saturated heterocycles. The molecule has 0 saturated carbocycles. The van der Waals surface area contributed by atoms with E-state index in [4.69, 9.17) is 9.02 Å². The second-order valence-electron chi connectivity index (χ2n) is 5.79. The Kier molecular flexibility index (Phi) is 4.24. The van der Waals surface area contributed by atoms with Gasteiger partial charge in [0.25, 0.3) is 0 Å². The van der Waals surface area contributed by atoms with Crippen molar-refractivity contribution < 1.29 is 9.02 Å². The van der Waals surface area contributed by atoms with Gasteiger partial charge in [0.05, 0.1) is 33.6 Å². The molecule has 0 amide bonds. The molecular formula is C15H17N6O2S2. The maximum absolute atomic E-state index is 6.18. The fraction of sp³-hybridized carbons (Fsp3) is 0.333. The Hall–Kier alpha value is -1.43. The highest BCUT2D eigenvalue weighted by atomic mass is 32.2. The summed E-state index contributed by atoms with van der Waals surface area (Å²) in [6.45, 7) is 2.80. The van der Waals surface area contributed by atoms with Gasteiger partial charge in [-0.2, -0.15) is 0 Å². The summed E-state index contributed by atoms with van der Waals surface area (Å²) in [6.07, 6.45) is 11.0. The maximum Gasteiger partial charge on any atom is 0.250 e. The molecule has 0 aromatic heterocycles. The fourth-order valence-electron chi connectivity index (χ4n) is 3.08. The molecule has 5 aliphatic rings. The highest BCUT2D eigenvalue weighted by Gasteiger charge is 2.41. The van der Waals surface area contributed by atoms with E-state index in [1.165, 1.54) is 12.0 Å². The van der Waals surface area contributed by atoms with E-state index in [0.29, 0.717) is 0 Å². The van der Waals surface area contributed by atoms with Crippen molar-refractivity contribution in [2.45, 2.75) is 12.5 Å². The fourth-order valence-corrected chi connectivity index (χ4v) is 4.67. The van der Waals surface area contributed by atoms with Crippen molar-refractivity contribution >= 4 is 29.5 Å². The molecule has 25 heavy (non-hydrogen) atoms. The largest absolute Gasteiger partial charge is 0.448 e. The topological polar surface area (TPSA) is 73.4 Å². The summed E-state index contributed by atoms with van der Waals surface area (Å²) in [5.74, 6) is 0.758. The van der Waals surface area contributed by atoms with Gasteiger partial charge in [0, 0.05) is 38.2 Å². The van der Waals surface area contributed by atoms with Gasteiger partial charge in [-0.3, -0.25) is 20.9 Å². The average molecular weight is 377 g/mol. The molecule has 5 rings (SSSR count). The number of hydrazine groups is 2. The van der Waals surface area contributed by atoms with Gasteiger partial charge in [0.1, 0.15) is 0 Å². The predicted octanol–water partition coefficient (Wildman–Crippen LogP) is 1.31. The molecule has 1 unspecified atom stereocenters. The van der Waals surface area contributed by atoms with Crippen molar-refractivity contribution in [2.24, 2.45) is 4.99 Å². The summed E-state index contributed by atoms with van der Waals surface area (Å²) in [7, 11) is 0. The third-order valence-corrected chi connectivity index (χ3v) is 6.09. The van der Waals surface area contributed by atoms with Gasteiger partial charge in [-0.05, 0) is 12.5 Å². The predicted molar refractivity (Wildman–Crippen MR) is 97.5 cm³/mol. The molecule has 0 spiro atoms. The van der Waals surface area contributed by atoms with E-state index in [0.717, 1.165) is 52.9 Å². The average Bonchev–Trinajstić information content (AvgIpc) is 3.48. The molecule has 5 heterocycles. The van der Waals surface area contributed by atoms with E-state index in [-0.39, 0.29) is 6.04 Å².